The van der Waals surface area contributed by atoms with Crippen molar-refractivity contribution in [1.82, 2.24) is 0 Å². The fourth-order valence-corrected chi connectivity index (χ4v) is 4.47. The summed E-state index contributed by atoms with van der Waals surface area (Å²) in [6, 6.07) is 0. The van der Waals surface area contributed by atoms with Crippen LogP contribution in [-0.2, 0) is 4.79 Å². The Labute approximate surface area is 95.0 Å². The minimum Gasteiger partial charge on any atom is -0.388 e. The largest absolute Gasteiger partial charge is 0.388 e. The topological polar surface area (TPSA) is 37.3 Å². The average molecular weight is 216 g/mol. The number of allylic oxidation sites excluding steroid dienone is 3. The minimum absolute atomic E-state index is 0.109. The molecule has 4 rings (SSSR count). The fraction of sp³-hybridized carbons (Fsp3) is 0.643. The molecular formula is C14H16O2. The molecule has 2 heteroatoms. The van der Waals surface area contributed by atoms with Crippen LogP contribution in [0.5, 0.6) is 0 Å². The lowest BCUT2D eigenvalue weighted by atomic mass is 9.71. The van der Waals surface area contributed by atoms with Crippen LogP contribution in [0.2, 0.25) is 0 Å². The highest BCUT2D eigenvalue weighted by Crippen LogP contribution is 2.56. The zero-order valence-electron chi connectivity index (χ0n) is 9.17. The fourth-order valence-electron chi connectivity index (χ4n) is 4.47. The van der Waals surface area contributed by atoms with Gasteiger partial charge in [-0.15, -0.1) is 0 Å². The van der Waals surface area contributed by atoms with E-state index in [0.717, 1.165) is 19.3 Å². The van der Waals surface area contributed by atoms with E-state index < -0.39 is 5.60 Å². The van der Waals surface area contributed by atoms with E-state index in [4.69, 9.17) is 0 Å². The first kappa shape index (κ1) is 9.17. The summed E-state index contributed by atoms with van der Waals surface area (Å²) in [6.07, 6.45) is 11.4. The molecule has 4 aliphatic rings. The van der Waals surface area contributed by atoms with Crippen LogP contribution in [0, 0.1) is 29.6 Å². The number of Topliss-reactive ketones (excluding diaryl/α,β-unsaturated/α-hetero) is 1. The summed E-state index contributed by atoms with van der Waals surface area (Å²) >= 11 is 0. The molecule has 0 aromatic carbocycles. The molecule has 0 amide bonds. The molecule has 0 aliphatic heterocycles. The Bertz CT molecular complexity index is 422. The number of carbonyl (C=O) groups excluding carboxylic acids is 1. The summed E-state index contributed by atoms with van der Waals surface area (Å²) in [6.45, 7) is 0. The SMILES string of the molecule is O=C1[C@@H]([C@@]2(O)C[C@H]3C=C[C@H]2C3)[C@H]2C=C[C@H]1C2. The van der Waals surface area contributed by atoms with Gasteiger partial charge >= 0.3 is 0 Å². The lowest BCUT2D eigenvalue weighted by Crippen LogP contribution is -2.47. The Morgan fingerprint density at radius 3 is 2.62 bits per heavy atom. The lowest BCUT2D eigenvalue weighted by Gasteiger charge is -2.38. The Balaban J connectivity index is 1.74. The predicted octanol–water partition coefficient (Wildman–Crippen LogP) is 1.70. The molecular weight excluding hydrogens is 200 g/mol. The highest BCUT2D eigenvalue weighted by Gasteiger charge is 2.60. The standard InChI is InChI=1S/C14H16O2/c15-13-10-3-2-9(6-10)12(13)14(16)7-8-1-4-11(14)5-8/h1-4,8-12,16H,5-7H2/t8-,9-,10-,11-,12-,14+/m0/s1. The van der Waals surface area contributed by atoms with E-state index in [1.165, 1.54) is 0 Å². The van der Waals surface area contributed by atoms with Gasteiger partial charge in [-0.2, -0.15) is 0 Å². The molecule has 0 heterocycles. The molecule has 6 atom stereocenters. The van der Waals surface area contributed by atoms with Crippen molar-refractivity contribution in [3.63, 3.8) is 0 Å². The average Bonchev–Trinajstić information content (AvgIpc) is 2.92. The summed E-state index contributed by atoms with van der Waals surface area (Å²) in [5.41, 5.74) is -0.722. The molecule has 4 aliphatic carbocycles. The van der Waals surface area contributed by atoms with Gasteiger partial charge in [0.1, 0.15) is 5.78 Å². The van der Waals surface area contributed by atoms with Gasteiger partial charge < -0.3 is 5.11 Å². The highest BCUT2D eigenvalue weighted by molar-refractivity contribution is 5.90. The van der Waals surface area contributed by atoms with Crippen LogP contribution in [0.25, 0.3) is 0 Å². The third-order valence-electron chi connectivity index (χ3n) is 5.16. The van der Waals surface area contributed by atoms with Crippen LogP contribution in [0.3, 0.4) is 0 Å². The Kier molecular flexibility index (Phi) is 1.53. The number of fused-ring (bicyclic) bond motifs is 4. The van der Waals surface area contributed by atoms with E-state index in [1.54, 1.807) is 0 Å². The van der Waals surface area contributed by atoms with Crippen molar-refractivity contribution in [2.45, 2.75) is 24.9 Å². The van der Waals surface area contributed by atoms with Crippen LogP contribution in [0.15, 0.2) is 24.3 Å². The normalized spacial score (nSPS) is 56.8. The first-order valence-corrected chi connectivity index (χ1v) is 6.31. The molecule has 1 N–H and O–H groups in total. The second kappa shape index (κ2) is 2.67. The predicted molar refractivity (Wildman–Crippen MR) is 59.5 cm³/mol. The molecule has 0 spiro atoms. The molecule has 2 nitrogen and oxygen atoms in total. The van der Waals surface area contributed by atoms with E-state index in [-0.39, 0.29) is 17.8 Å². The van der Waals surface area contributed by atoms with Gasteiger partial charge in [0.25, 0.3) is 0 Å². The second-order valence-corrected chi connectivity index (χ2v) is 5.95. The van der Waals surface area contributed by atoms with Gasteiger partial charge in [0, 0.05) is 11.8 Å². The van der Waals surface area contributed by atoms with E-state index in [2.05, 4.69) is 18.2 Å². The van der Waals surface area contributed by atoms with E-state index >= 15 is 0 Å². The molecule has 84 valence electrons. The summed E-state index contributed by atoms with van der Waals surface area (Å²) < 4.78 is 0. The smallest absolute Gasteiger partial charge is 0.146 e. The van der Waals surface area contributed by atoms with Crippen LogP contribution in [-0.4, -0.2) is 16.5 Å². The first-order valence-electron chi connectivity index (χ1n) is 6.31. The van der Waals surface area contributed by atoms with Crippen LogP contribution in [0.1, 0.15) is 19.3 Å². The minimum atomic E-state index is -0.722. The van der Waals surface area contributed by atoms with Gasteiger partial charge in [-0.05, 0) is 31.1 Å². The lowest BCUT2D eigenvalue weighted by molar-refractivity contribution is -0.135. The third-order valence-corrected chi connectivity index (χ3v) is 5.16. The van der Waals surface area contributed by atoms with Gasteiger partial charge in [-0.25, -0.2) is 0 Å². The Morgan fingerprint density at radius 1 is 1.19 bits per heavy atom. The van der Waals surface area contributed by atoms with Crippen molar-refractivity contribution in [3.05, 3.63) is 24.3 Å². The molecule has 0 aromatic heterocycles. The molecule has 0 unspecified atom stereocenters. The summed E-state index contributed by atoms with van der Waals surface area (Å²) in [5, 5.41) is 10.9. The number of hydrogen-bond acceptors (Lipinski definition) is 2. The zero-order chi connectivity index (χ0) is 10.9. The van der Waals surface area contributed by atoms with Gasteiger partial charge in [0.05, 0.1) is 11.5 Å². The summed E-state index contributed by atoms with van der Waals surface area (Å²) in [4.78, 5) is 12.2. The van der Waals surface area contributed by atoms with E-state index in [9.17, 15) is 9.90 Å². The number of carbonyl (C=O) groups is 1. The van der Waals surface area contributed by atoms with E-state index in [1.807, 2.05) is 6.08 Å². The molecule has 2 fully saturated rings. The van der Waals surface area contributed by atoms with Gasteiger partial charge in [-0.1, -0.05) is 24.3 Å². The Morgan fingerprint density at radius 2 is 2.06 bits per heavy atom. The van der Waals surface area contributed by atoms with Crippen molar-refractivity contribution in [1.29, 1.82) is 0 Å². The van der Waals surface area contributed by atoms with Crippen LogP contribution in [0.4, 0.5) is 0 Å². The van der Waals surface area contributed by atoms with Gasteiger partial charge in [0.15, 0.2) is 0 Å². The molecule has 0 aromatic rings. The molecule has 16 heavy (non-hydrogen) atoms. The quantitative estimate of drug-likeness (QED) is 0.677. The van der Waals surface area contributed by atoms with Crippen LogP contribution >= 0.6 is 0 Å². The monoisotopic (exact) mass is 216 g/mol. The molecule has 4 bridgehead atoms. The van der Waals surface area contributed by atoms with Crippen molar-refractivity contribution < 1.29 is 9.90 Å². The van der Waals surface area contributed by atoms with Crippen molar-refractivity contribution in [2.75, 3.05) is 0 Å². The molecule has 2 saturated carbocycles. The van der Waals surface area contributed by atoms with Crippen molar-refractivity contribution in [3.8, 4) is 0 Å². The number of aliphatic hydroxyl groups is 1. The first-order chi connectivity index (χ1) is 7.68. The Hall–Kier alpha value is -0.890. The number of ketones is 1. The van der Waals surface area contributed by atoms with Crippen molar-refractivity contribution in [2.24, 2.45) is 29.6 Å². The molecule has 0 radical (unpaired) electrons. The summed E-state index contributed by atoms with van der Waals surface area (Å²) in [7, 11) is 0. The summed E-state index contributed by atoms with van der Waals surface area (Å²) in [5.74, 6) is 1.38. The maximum absolute atomic E-state index is 12.2. The second-order valence-electron chi connectivity index (χ2n) is 5.95. The molecule has 0 saturated heterocycles. The zero-order valence-corrected chi connectivity index (χ0v) is 9.17. The van der Waals surface area contributed by atoms with E-state index in [0.29, 0.717) is 17.6 Å². The number of rotatable bonds is 1. The van der Waals surface area contributed by atoms with Gasteiger partial charge in [-0.3, -0.25) is 4.79 Å². The van der Waals surface area contributed by atoms with Crippen LogP contribution < -0.4 is 0 Å². The maximum atomic E-state index is 12.2. The van der Waals surface area contributed by atoms with Crippen molar-refractivity contribution >= 4 is 5.78 Å². The number of hydrogen-bond donors (Lipinski definition) is 1. The highest BCUT2D eigenvalue weighted by atomic mass is 16.3. The van der Waals surface area contributed by atoms with Gasteiger partial charge in [0.2, 0.25) is 0 Å². The maximum Gasteiger partial charge on any atom is 0.146 e. The third kappa shape index (κ3) is 0.904.